The molecule has 1 aliphatic rings. The number of carbonyl (C=O) groups excluding carboxylic acids is 1. The van der Waals surface area contributed by atoms with Crippen molar-refractivity contribution in [1.82, 2.24) is 9.97 Å². The number of pyridine rings is 1. The number of sulfonamides is 1. The van der Waals surface area contributed by atoms with Gasteiger partial charge in [-0.15, -0.1) is 11.3 Å². The molecule has 0 aliphatic heterocycles. The summed E-state index contributed by atoms with van der Waals surface area (Å²) in [5.41, 5.74) is -1.93. The Hall–Kier alpha value is -2.70. The number of rotatable bonds is 7. The molecule has 4 rings (SSSR count). The second-order valence-electron chi connectivity index (χ2n) is 8.61. The van der Waals surface area contributed by atoms with E-state index in [1.807, 2.05) is 0 Å². The molecule has 1 amide bonds. The highest BCUT2D eigenvalue weighted by Gasteiger charge is 2.38. The van der Waals surface area contributed by atoms with Crippen molar-refractivity contribution >= 4 is 49.7 Å². The summed E-state index contributed by atoms with van der Waals surface area (Å²) < 4.78 is 68.1. The molecule has 0 bridgehead atoms. The number of hydrogen-bond acceptors (Lipinski definition) is 6. The van der Waals surface area contributed by atoms with Crippen LogP contribution in [0.15, 0.2) is 42.0 Å². The van der Waals surface area contributed by atoms with Crippen LogP contribution < -0.4 is 10.0 Å². The van der Waals surface area contributed by atoms with Gasteiger partial charge in [-0.1, -0.05) is 17.7 Å². The van der Waals surface area contributed by atoms with Crippen LogP contribution in [0.5, 0.6) is 0 Å². The highest BCUT2D eigenvalue weighted by atomic mass is 35.5. The molecule has 13 heteroatoms. The number of anilines is 2. The summed E-state index contributed by atoms with van der Waals surface area (Å²) in [6, 6.07) is 4.82. The van der Waals surface area contributed by atoms with Crippen molar-refractivity contribution in [1.29, 1.82) is 0 Å². The fourth-order valence-corrected chi connectivity index (χ4v) is 5.91. The van der Waals surface area contributed by atoms with Gasteiger partial charge < -0.3 is 5.32 Å². The van der Waals surface area contributed by atoms with Crippen molar-refractivity contribution in [2.45, 2.75) is 43.5 Å². The number of alkyl halides is 3. The molecule has 1 fully saturated rings. The zero-order chi connectivity index (χ0) is 25.6. The number of aromatic nitrogens is 2. The molecule has 2 aromatic heterocycles. The van der Waals surface area contributed by atoms with Crippen LogP contribution in [0, 0.1) is 0 Å². The Bertz CT molecular complexity index is 1390. The molecule has 1 aliphatic carbocycles. The lowest BCUT2D eigenvalue weighted by molar-refractivity contribution is -0.137. The molecule has 2 N–H and O–H groups in total. The van der Waals surface area contributed by atoms with Gasteiger partial charge in [0, 0.05) is 29.0 Å². The number of amides is 1. The number of halogens is 4. The van der Waals surface area contributed by atoms with E-state index >= 15 is 0 Å². The summed E-state index contributed by atoms with van der Waals surface area (Å²) in [5, 5.41) is 3.95. The summed E-state index contributed by atoms with van der Waals surface area (Å²) in [4.78, 5) is 21.1. The van der Waals surface area contributed by atoms with E-state index in [0.29, 0.717) is 12.8 Å². The predicted octanol–water partition coefficient (Wildman–Crippen LogP) is 5.70. The highest BCUT2D eigenvalue weighted by molar-refractivity contribution is 7.93. The Kier molecular flexibility index (Phi) is 6.58. The molecule has 0 saturated heterocycles. The Morgan fingerprint density at radius 2 is 1.89 bits per heavy atom. The quantitative estimate of drug-likeness (QED) is 0.397. The van der Waals surface area contributed by atoms with Crippen LogP contribution in [0.2, 0.25) is 5.02 Å². The SMILES string of the molecule is CC(C)(C(=O)Nc1ccc(-c2cncc(Cl)c2)c(C(F)(F)F)c1)c1csc(NS(=O)(=O)C2CC2)n1. The van der Waals surface area contributed by atoms with Crippen LogP contribution >= 0.6 is 22.9 Å². The number of carbonyl (C=O) groups is 1. The van der Waals surface area contributed by atoms with Crippen molar-refractivity contribution in [3.05, 3.63) is 58.3 Å². The van der Waals surface area contributed by atoms with E-state index in [9.17, 15) is 26.4 Å². The van der Waals surface area contributed by atoms with E-state index in [1.54, 1.807) is 19.2 Å². The first-order valence-corrected chi connectivity index (χ1v) is 13.2. The predicted molar refractivity (Wildman–Crippen MR) is 129 cm³/mol. The standard InChI is InChI=1S/C22H20ClF3N4O3S2/c1-21(2,18-11-34-20(29-18)30-35(32,33)15-4-5-15)19(31)28-14-3-6-16(17(8-14)22(24,25)26)12-7-13(23)10-27-9-12/h3,6-11,15H,4-5H2,1-2H3,(H,28,31)(H,29,30). The fraction of sp³-hybridized carbons (Fsp3) is 0.318. The third-order valence-corrected chi connectivity index (χ3v) is 8.42. The van der Waals surface area contributed by atoms with Gasteiger partial charge in [-0.25, -0.2) is 13.4 Å². The molecule has 2 heterocycles. The average Bonchev–Trinajstić information content (AvgIpc) is 3.53. The second kappa shape index (κ2) is 9.07. The molecule has 0 atom stereocenters. The minimum absolute atomic E-state index is 0.0565. The van der Waals surface area contributed by atoms with Gasteiger partial charge in [0.1, 0.15) is 0 Å². The normalized spacial score (nSPS) is 14.6. The van der Waals surface area contributed by atoms with Gasteiger partial charge in [-0.2, -0.15) is 13.2 Å². The maximum absolute atomic E-state index is 13.8. The first kappa shape index (κ1) is 25.4. The highest BCUT2D eigenvalue weighted by Crippen LogP contribution is 2.39. The average molecular weight is 545 g/mol. The number of nitrogens with one attached hydrogen (secondary N) is 2. The van der Waals surface area contributed by atoms with E-state index in [4.69, 9.17) is 11.6 Å². The van der Waals surface area contributed by atoms with Crippen molar-refractivity contribution in [3.63, 3.8) is 0 Å². The minimum atomic E-state index is -4.70. The van der Waals surface area contributed by atoms with Crippen molar-refractivity contribution in [2.75, 3.05) is 10.0 Å². The maximum Gasteiger partial charge on any atom is 0.417 e. The summed E-state index contributed by atoms with van der Waals surface area (Å²) in [6.45, 7) is 3.10. The van der Waals surface area contributed by atoms with E-state index < -0.39 is 38.3 Å². The Morgan fingerprint density at radius 1 is 1.17 bits per heavy atom. The largest absolute Gasteiger partial charge is 0.417 e. The van der Waals surface area contributed by atoms with Gasteiger partial charge in [0.15, 0.2) is 5.13 Å². The third-order valence-electron chi connectivity index (χ3n) is 5.50. The van der Waals surface area contributed by atoms with E-state index in [1.165, 1.54) is 30.6 Å². The molecule has 1 aromatic carbocycles. The molecule has 0 radical (unpaired) electrons. The zero-order valence-electron chi connectivity index (χ0n) is 18.5. The summed E-state index contributed by atoms with van der Waals surface area (Å²) >= 11 is 6.91. The number of hydrogen-bond donors (Lipinski definition) is 2. The van der Waals surface area contributed by atoms with E-state index in [2.05, 4.69) is 20.0 Å². The maximum atomic E-state index is 13.8. The lowest BCUT2D eigenvalue weighted by atomic mass is 9.88. The zero-order valence-corrected chi connectivity index (χ0v) is 20.9. The first-order chi connectivity index (χ1) is 16.3. The van der Waals surface area contributed by atoms with Crippen LogP contribution in [-0.4, -0.2) is 29.5 Å². The third kappa shape index (κ3) is 5.60. The molecular weight excluding hydrogens is 525 g/mol. The summed E-state index contributed by atoms with van der Waals surface area (Å²) in [5.74, 6) is -0.607. The fourth-order valence-electron chi connectivity index (χ4n) is 3.26. The monoisotopic (exact) mass is 544 g/mol. The van der Waals surface area contributed by atoms with Crippen LogP contribution in [-0.2, 0) is 26.4 Å². The smallest absolute Gasteiger partial charge is 0.325 e. The molecule has 0 unspecified atom stereocenters. The van der Waals surface area contributed by atoms with Gasteiger partial charge >= 0.3 is 6.18 Å². The lowest BCUT2D eigenvalue weighted by Crippen LogP contribution is -2.35. The Balaban J connectivity index is 1.57. The Labute approximate surface area is 208 Å². The van der Waals surface area contributed by atoms with Gasteiger partial charge in [-0.3, -0.25) is 14.5 Å². The topological polar surface area (TPSA) is 101 Å². The first-order valence-electron chi connectivity index (χ1n) is 10.4. The van der Waals surface area contributed by atoms with Gasteiger partial charge in [-0.05, 0) is 50.5 Å². The minimum Gasteiger partial charge on any atom is -0.325 e. The molecule has 1 saturated carbocycles. The number of benzene rings is 1. The molecular formula is C22H20ClF3N4O3S2. The molecule has 0 spiro atoms. The van der Waals surface area contributed by atoms with E-state index in [0.717, 1.165) is 17.4 Å². The van der Waals surface area contributed by atoms with Gasteiger partial charge in [0.05, 0.1) is 26.9 Å². The van der Waals surface area contributed by atoms with Gasteiger partial charge in [0.25, 0.3) is 0 Å². The molecule has 35 heavy (non-hydrogen) atoms. The van der Waals surface area contributed by atoms with Crippen LogP contribution in [0.4, 0.5) is 24.0 Å². The van der Waals surface area contributed by atoms with Crippen molar-refractivity contribution < 1.29 is 26.4 Å². The molecule has 7 nitrogen and oxygen atoms in total. The molecule has 3 aromatic rings. The Morgan fingerprint density at radius 3 is 2.51 bits per heavy atom. The lowest BCUT2D eigenvalue weighted by Gasteiger charge is -2.22. The van der Waals surface area contributed by atoms with Crippen LogP contribution in [0.1, 0.15) is 37.9 Å². The van der Waals surface area contributed by atoms with E-state index in [-0.39, 0.29) is 32.7 Å². The van der Waals surface area contributed by atoms with Crippen molar-refractivity contribution in [3.8, 4) is 11.1 Å². The summed E-state index contributed by atoms with van der Waals surface area (Å²) in [7, 11) is -3.51. The summed E-state index contributed by atoms with van der Waals surface area (Å²) in [6.07, 6.45) is -0.927. The molecule has 186 valence electrons. The van der Waals surface area contributed by atoms with Crippen LogP contribution in [0.25, 0.3) is 11.1 Å². The van der Waals surface area contributed by atoms with Gasteiger partial charge in [0.2, 0.25) is 15.9 Å². The number of thiazole rings is 1. The number of nitrogens with zero attached hydrogens (tertiary/aromatic N) is 2. The second-order valence-corrected chi connectivity index (χ2v) is 11.9. The van der Waals surface area contributed by atoms with Crippen molar-refractivity contribution in [2.24, 2.45) is 0 Å². The van der Waals surface area contributed by atoms with Crippen LogP contribution in [0.3, 0.4) is 0 Å².